The van der Waals surface area contributed by atoms with Gasteiger partial charge in [-0.1, -0.05) is 11.8 Å². The topological polar surface area (TPSA) is 129 Å². The Morgan fingerprint density at radius 1 is 1.30 bits per heavy atom. The first kappa shape index (κ1) is 19.4. The summed E-state index contributed by atoms with van der Waals surface area (Å²) in [5.41, 5.74) is 13.2. The molecule has 9 nitrogen and oxygen atoms in total. The summed E-state index contributed by atoms with van der Waals surface area (Å²) in [5, 5.41) is 3.43. The van der Waals surface area contributed by atoms with Crippen molar-refractivity contribution in [2.45, 2.75) is 28.8 Å². The number of amides is 1. The molecule has 30 heavy (non-hydrogen) atoms. The highest BCUT2D eigenvalue weighted by molar-refractivity contribution is 7.99. The van der Waals surface area contributed by atoms with Gasteiger partial charge in [0.05, 0.1) is 25.1 Å². The van der Waals surface area contributed by atoms with Crippen molar-refractivity contribution >= 4 is 35.0 Å². The van der Waals surface area contributed by atoms with Crippen molar-refractivity contribution in [2.24, 2.45) is 11.1 Å². The Balaban J connectivity index is 1.28. The lowest BCUT2D eigenvalue weighted by Gasteiger charge is -2.41. The Morgan fingerprint density at radius 3 is 2.87 bits per heavy atom. The fourth-order valence-corrected chi connectivity index (χ4v) is 5.01. The predicted molar refractivity (Wildman–Crippen MR) is 114 cm³/mol. The number of ether oxygens (including phenoxy) is 2. The molecule has 5 N–H and O–H groups in total. The van der Waals surface area contributed by atoms with Gasteiger partial charge in [0.2, 0.25) is 0 Å². The third-order valence-corrected chi connectivity index (χ3v) is 7.10. The molecule has 1 aromatic carbocycles. The minimum Gasteiger partial charge on any atom is -0.482 e. The van der Waals surface area contributed by atoms with E-state index in [-0.39, 0.29) is 24.0 Å². The third-order valence-electron chi connectivity index (χ3n) is 6.11. The largest absolute Gasteiger partial charge is 0.482 e. The Labute approximate surface area is 178 Å². The molecule has 1 aromatic heterocycles. The van der Waals surface area contributed by atoms with Gasteiger partial charge in [-0.3, -0.25) is 4.79 Å². The van der Waals surface area contributed by atoms with Gasteiger partial charge < -0.3 is 31.2 Å². The predicted octanol–water partition coefficient (Wildman–Crippen LogP) is 1.48. The zero-order valence-corrected chi connectivity index (χ0v) is 17.3. The first-order chi connectivity index (χ1) is 14.5. The second kappa shape index (κ2) is 7.60. The van der Waals surface area contributed by atoms with Gasteiger partial charge in [-0.05, 0) is 31.0 Å². The lowest BCUT2D eigenvalue weighted by atomic mass is 9.75. The normalized spacial score (nSPS) is 22.5. The fourth-order valence-electron chi connectivity index (χ4n) is 4.22. The molecule has 3 aliphatic heterocycles. The number of hydrogen-bond donors (Lipinski definition) is 3. The van der Waals surface area contributed by atoms with Crippen molar-refractivity contribution in [1.82, 2.24) is 9.97 Å². The van der Waals surface area contributed by atoms with E-state index in [1.807, 2.05) is 18.2 Å². The zero-order chi connectivity index (χ0) is 20.7. The number of piperidine rings is 1. The Kier molecular flexibility index (Phi) is 4.92. The maximum Gasteiger partial charge on any atom is 0.262 e. The molecule has 0 saturated carbocycles. The molecule has 1 spiro atoms. The molecule has 2 fully saturated rings. The Morgan fingerprint density at radius 2 is 2.13 bits per heavy atom. The number of anilines is 3. The number of carbonyl (C=O) groups excluding carboxylic acids is 1. The summed E-state index contributed by atoms with van der Waals surface area (Å²) in [7, 11) is 0. The van der Waals surface area contributed by atoms with E-state index in [2.05, 4.69) is 20.2 Å². The highest BCUT2D eigenvalue weighted by Crippen LogP contribution is 2.40. The third kappa shape index (κ3) is 3.55. The summed E-state index contributed by atoms with van der Waals surface area (Å²) in [6, 6.07) is 5.70. The molecular formula is C20H24N6O3S. The van der Waals surface area contributed by atoms with Crippen molar-refractivity contribution in [3.8, 4) is 5.75 Å². The lowest BCUT2D eigenvalue weighted by Crippen LogP contribution is -2.49. The van der Waals surface area contributed by atoms with Crippen LogP contribution in [0.1, 0.15) is 12.8 Å². The van der Waals surface area contributed by atoms with Crippen LogP contribution in [0.4, 0.5) is 17.3 Å². The second-order valence-electron chi connectivity index (χ2n) is 7.99. The van der Waals surface area contributed by atoms with Crippen LogP contribution >= 0.6 is 11.8 Å². The van der Waals surface area contributed by atoms with Crippen LogP contribution in [0.2, 0.25) is 0 Å². The number of nitrogens with zero attached hydrogens (tertiary/aromatic N) is 3. The van der Waals surface area contributed by atoms with Crippen LogP contribution < -0.4 is 26.4 Å². The maximum absolute atomic E-state index is 11.5. The van der Waals surface area contributed by atoms with E-state index in [1.54, 1.807) is 6.20 Å². The van der Waals surface area contributed by atoms with Crippen molar-refractivity contribution in [1.29, 1.82) is 0 Å². The number of nitrogen functional groups attached to an aromatic ring is 1. The van der Waals surface area contributed by atoms with E-state index in [0.29, 0.717) is 28.9 Å². The van der Waals surface area contributed by atoms with Crippen molar-refractivity contribution in [3.05, 3.63) is 24.4 Å². The van der Waals surface area contributed by atoms with Gasteiger partial charge in [0.1, 0.15) is 16.6 Å². The number of hydrogen-bond acceptors (Lipinski definition) is 9. The standard InChI is InChI=1S/C20H24N6O3S/c21-15-9-28-11-20(15)3-5-26(6-4-20)16-8-23-19(18(22)25-16)30-12-1-2-14-13(7-12)24-17(27)10-29-14/h1-2,7-8,15H,3-6,9-11,21H2,(H2,22,25)(H,24,27). The summed E-state index contributed by atoms with van der Waals surface area (Å²) in [4.78, 5) is 23.8. The van der Waals surface area contributed by atoms with Crippen LogP contribution in [0.25, 0.3) is 0 Å². The van der Waals surface area contributed by atoms with Crippen LogP contribution in [0.5, 0.6) is 5.75 Å². The summed E-state index contributed by atoms with van der Waals surface area (Å²) in [5.74, 6) is 1.66. The van der Waals surface area contributed by atoms with Crippen molar-refractivity contribution < 1.29 is 14.3 Å². The van der Waals surface area contributed by atoms with Crippen molar-refractivity contribution in [2.75, 3.05) is 48.9 Å². The molecular weight excluding hydrogens is 404 g/mol. The van der Waals surface area contributed by atoms with Crippen molar-refractivity contribution in [3.63, 3.8) is 0 Å². The van der Waals surface area contributed by atoms with Gasteiger partial charge in [0.25, 0.3) is 5.91 Å². The smallest absolute Gasteiger partial charge is 0.262 e. The van der Waals surface area contributed by atoms with E-state index in [4.69, 9.17) is 20.9 Å². The number of nitrogens with one attached hydrogen (secondary N) is 1. The average molecular weight is 429 g/mol. The zero-order valence-electron chi connectivity index (χ0n) is 16.5. The summed E-state index contributed by atoms with van der Waals surface area (Å²) in [6.45, 7) is 3.16. The van der Waals surface area contributed by atoms with Crippen LogP contribution in [-0.4, -0.2) is 54.8 Å². The van der Waals surface area contributed by atoms with Gasteiger partial charge in [0.15, 0.2) is 12.4 Å². The monoisotopic (exact) mass is 428 g/mol. The minimum atomic E-state index is -0.165. The average Bonchev–Trinajstić information content (AvgIpc) is 3.09. The number of nitrogens with two attached hydrogens (primary N) is 2. The molecule has 0 bridgehead atoms. The molecule has 2 saturated heterocycles. The van der Waals surface area contributed by atoms with E-state index < -0.39 is 0 Å². The van der Waals surface area contributed by atoms with Crippen LogP contribution in [0.15, 0.2) is 34.3 Å². The first-order valence-corrected chi connectivity index (χ1v) is 10.8. The molecule has 0 aliphatic carbocycles. The quantitative estimate of drug-likeness (QED) is 0.666. The molecule has 1 unspecified atom stereocenters. The number of carbonyl (C=O) groups is 1. The molecule has 158 valence electrons. The number of aromatic nitrogens is 2. The maximum atomic E-state index is 11.5. The molecule has 10 heteroatoms. The van der Waals surface area contributed by atoms with Gasteiger partial charge in [-0.25, -0.2) is 9.97 Å². The lowest BCUT2D eigenvalue weighted by molar-refractivity contribution is -0.118. The number of fused-ring (bicyclic) bond motifs is 1. The summed E-state index contributed by atoms with van der Waals surface area (Å²) < 4.78 is 11.0. The van der Waals surface area contributed by atoms with Crippen LogP contribution in [-0.2, 0) is 9.53 Å². The summed E-state index contributed by atoms with van der Waals surface area (Å²) >= 11 is 1.40. The molecule has 4 heterocycles. The Hall–Kier alpha value is -2.56. The fraction of sp³-hybridized carbons (Fsp3) is 0.450. The SMILES string of the molecule is Nc1nc(N2CCC3(CC2)COCC3N)cnc1Sc1ccc2c(c1)NC(=O)CO2. The number of benzene rings is 1. The Bertz CT molecular complexity index is 979. The van der Waals surface area contributed by atoms with Gasteiger partial charge in [0, 0.05) is 29.4 Å². The molecule has 3 aliphatic rings. The van der Waals surface area contributed by atoms with E-state index in [9.17, 15) is 4.79 Å². The van der Waals surface area contributed by atoms with E-state index in [1.165, 1.54) is 11.8 Å². The van der Waals surface area contributed by atoms with Gasteiger partial charge in [-0.2, -0.15) is 0 Å². The highest BCUT2D eigenvalue weighted by atomic mass is 32.2. The first-order valence-electron chi connectivity index (χ1n) is 9.98. The van der Waals surface area contributed by atoms with E-state index in [0.717, 1.165) is 43.3 Å². The van der Waals surface area contributed by atoms with E-state index >= 15 is 0 Å². The molecule has 5 rings (SSSR count). The van der Waals surface area contributed by atoms with Gasteiger partial charge >= 0.3 is 0 Å². The highest BCUT2D eigenvalue weighted by Gasteiger charge is 2.44. The minimum absolute atomic E-state index is 0.0377. The second-order valence-corrected chi connectivity index (χ2v) is 9.05. The molecule has 1 atom stereocenters. The molecule has 0 radical (unpaired) electrons. The molecule has 2 aromatic rings. The van der Waals surface area contributed by atoms with Crippen LogP contribution in [0.3, 0.4) is 0 Å². The molecule has 1 amide bonds. The van der Waals surface area contributed by atoms with Gasteiger partial charge in [-0.15, -0.1) is 0 Å². The number of rotatable bonds is 3. The summed E-state index contributed by atoms with van der Waals surface area (Å²) in [6.07, 6.45) is 3.73. The van der Waals surface area contributed by atoms with Crippen LogP contribution in [0, 0.1) is 5.41 Å².